The minimum absolute atomic E-state index is 1.19. The summed E-state index contributed by atoms with van der Waals surface area (Å²) >= 11 is 5.10. The number of hydrogen-bond donors (Lipinski definition) is 0. The Morgan fingerprint density at radius 2 is 2.43 bits per heavy atom. The molecule has 36 valence electrons. The van der Waals surface area contributed by atoms with E-state index in [2.05, 4.69) is 35.2 Å². The Hall–Kier alpha value is 0.245. The van der Waals surface area contributed by atoms with E-state index >= 15 is 0 Å². The van der Waals surface area contributed by atoms with E-state index in [1.807, 2.05) is 0 Å². The number of rotatable bonds is 0. The van der Waals surface area contributed by atoms with E-state index in [9.17, 15) is 0 Å². The van der Waals surface area contributed by atoms with E-state index in [4.69, 9.17) is 0 Å². The molecule has 0 saturated carbocycles. The fraction of sp³-hybridized carbons (Fsp3) is 0. The number of thiophene rings is 1. The second kappa shape index (κ2) is 2.01. The van der Waals surface area contributed by atoms with Crippen LogP contribution in [-0.4, -0.2) is 7.85 Å². The van der Waals surface area contributed by atoms with Crippen LogP contribution in [0.25, 0.3) is 0 Å². The lowest BCUT2D eigenvalue weighted by molar-refractivity contribution is 1.93. The van der Waals surface area contributed by atoms with Gasteiger partial charge in [-0.2, -0.15) is 11.3 Å². The molecule has 7 heavy (non-hydrogen) atoms. The summed E-state index contributed by atoms with van der Waals surface area (Å²) in [7, 11) is 2.09. The van der Waals surface area contributed by atoms with Crippen molar-refractivity contribution in [2.24, 2.45) is 0 Å². The minimum Gasteiger partial charge on any atom is -0.159 e. The van der Waals surface area contributed by atoms with Gasteiger partial charge in [0, 0.05) is 9.85 Å². The van der Waals surface area contributed by atoms with Crippen molar-refractivity contribution in [3.63, 3.8) is 0 Å². The van der Waals surface area contributed by atoms with Gasteiger partial charge >= 0.3 is 0 Å². The Kier molecular flexibility index (Phi) is 1.55. The second-order valence-corrected chi connectivity index (χ2v) is 3.41. The van der Waals surface area contributed by atoms with Crippen LogP contribution in [0.5, 0.6) is 0 Å². The van der Waals surface area contributed by atoms with E-state index in [-0.39, 0.29) is 0 Å². The van der Waals surface area contributed by atoms with E-state index in [1.54, 1.807) is 11.3 Å². The zero-order valence-electron chi connectivity index (χ0n) is 3.94. The van der Waals surface area contributed by atoms with Gasteiger partial charge in [-0.15, -0.1) is 0 Å². The molecule has 0 atom stereocenters. The van der Waals surface area contributed by atoms with Gasteiger partial charge in [-0.3, -0.25) is 0 Å². The van der Waals surface area contributed by atoms with Gasteiger partial charge in [0.15, 0.2) is 7.85 Å². The smallest absolute Gasteiger partial charge is 0.152 e. The maximum Gasteiger partial charge on any atom is 0.152 e. The van der Waals surface area contributed by atoms with Crippen molar-refractivity contribution in [1.82, 2.24) is 0 Å². The summed E-state index contributed by atoms with van der Waals surface area (Å²) in [4.78, 5) is 0. The first kappa shape index (κ1) is 5.38. The molecule has 1 rings (SSSR count). The maximum absolute atomic E-state index is 3.34. The van der Waals surface area contributed by atoms with Crippen molar-refractivity contribution in [3.8, 4) is 0 Å². The molecule has 0 aliphatic carbocycles. The molecule has 0 bridgehead atoms. The van der Waals surface area contributed by atoms with Gasteiger partial charge in [-0.05, 0) is 26.8 Å². The molecule has 3 heteroatoms. The molecule has 0 fully saturated rings. The Labute approximate surface area is 56.1 Å². The van der Waals surface area contributed by atoms with E-state index < -0.39 is 0 Å². The molecule has 0 aliphatic heterocycles. The molecule has 0 spiro atoms. The van der Waals surface area contributed by atoms with Gasteiger partial charge in [0.1, 0.15) is 0 Å². The summed E-state index contributed by atoms with van der Waals surface area (Å²) in [6.07, 6.45) is 0. The van der Waals surface area contributed by atoms with Gasteiger partial charge < -0.3 is 0 Å². The predicted octanol–water partition coefficient (Wildman–Crippen LogP) is 0.769. The van der Waals surface area contributed by atoms with Gasteiger partial charge in [-0.1, -0.05) is 0 Å². The Bertz CT molecular complexity index is 144. The second-order valence-electron chi connectivity index (χ2n) is 1.38. The molecule has 0 saturated heterocycles. The van der Waals surface area contributed by atoms with Crippen molar-refractivity contribution >= 4 is 39.9 Å². The SMILES string of the molecule is Bc1cc(Br)cs1. The fourth-order valence-corrected chi connectivity index (χ4v) is 1.75. The largest absolute Gasteiger partial charge is 0.159 e. The van der Waals surface area contributed by atoms with Crippen LogP contribution in [0.3, 0.4) is 0 Å². The molecule has 0 amide bonds. The number of hydrogen-bond acceptors (Lipinski definition) is 1. The van der Waals surface area contributed by atoms with Crippen LogP contribution in [0.2, 0.25) is 0 Å². The third kappa shape index (κ3) is 1.32. The Morgan fingerprint density at radius 1 is 1.71 bits per heavy atom. The lowest BCUT2D eigenvalue weighted by atomic mass is 10.1. The lowest BCUT2D eigenvalue weighted by Crippen LogP contribution is -1.88. The van der Waals surface area contributed by atoms with Crippen molar-refractivity contribution in [2.45, 2.75) is 0 Å². The summed E-state index contributed by atoms with van der Waals surface area (Å²) in [5.74, 6) is 0. The molecule has 1 aromatic heterocycles. The zero-order chi connectivity index (χ0) is 5.28. The third-order valence-electron chi connectivity index (χ3n) is 0.699. The average Bonchev–Trinajstić information content (AvgIpc) is 1.87. The fourth-order valence-electron chi connectivity index (χ4n) is 0.411. The quantitative estimate of drug-likeness (QED) is 0.510. The van der Waals surface area contributed by atoms with Crippen LogP contribution in [0, 0.1) is 0 Å². The third-order valence-corrected chi connectivity index (χ3v) is 2.32. The molecule has 0 N–H and O–H groups in total. The van der Waals surface area contributed by atoms with Crippen LogP contribution in [0.15, 0.2) is 15.9 Å². The Morgan fingerprint density at radius 3 is 2.57 bits per heavy atom. The highest BCUT2D eigenvalue weighted by Gasteiger charge is 1.86. The number of halogens is 1. The molecular formula is C4H4BBrS. The van der Waals surface area contributed by atoms with Crippen molar-refractivity contribution < 1.29 is 0 Å². The van der Waals surface area contributed by atoms with Crippen LogP contribution < -0.4 is 4.78 Å². The van der Waals surface area contributed by atoms with Crippen LogP contribution in [0.4, 0.5) is 0 Å². The van der Waals surface area contributed by atoms with E-state index in [0.717, 1.165) is 0 Å². The average molecular weight is 175 g/mol. The highest BCUT2D eigenvalue weighted by atomic mass is 79.9. The van der Waals surface area contributed by atoms with E-state index in [1.165, 1.54) is 9.25 Å². The summed E-state index contributed by atoms with van der Waals surface area (Å²) in [6.45, 7) is 0. The van der Waals surface area contributed by atoms with Gasteiger partial charge in [0.25, 0.3) is 0 Å². The van der Waals surface area contributed by atoms with Crippen molar-refractivity contribution in [3.05, 3.63) is 15.9 Å². The Balaban J connectivity index is 3.04. The monoisotopic (exact) mass is 174 g/mol. The van der Waals surface area contributed by atoms with Gasteiger partial charge in [0.2, 0.25) is 0 Å². The molecule has 0 aromatic carbocycles. The summed E-state index contributed by atoms with van der Waals surface area (Å²) in [5.41, 5.74) is 0. The van der Waals surface area contributed by atoms with Gasteiger partial charge in [-0.25, -0.2) is 0 Å². The topological polar surface area (TPSA) is 0 Å². The minimum atomic E-state index is 1.19. The lowest BCUT2D eigenvalue weighted by Gasteiger charge is -1.68. The van der Waals surface area contributed by atoms with E-state index in [0.29, 0.717) is 0 Å². The first-order valence-electron chi connectivity index (χ1n) is 1.99. The molecular weight excluding hydrogens is 171 g/mol. The van der Waals surface area contributed by atoms with Crippen LogP contribution in [-0.2, 0) is 0 Å². The van der Waals surface area contributed by atoms with Gasteiger partial charge in [0.05, 0.1) is 0 Å². The van der Waals surface area contributed by atoms with Crippen molar-refractivity contribution in [2.75, 3.05) is 0 Å². The summed E-state index contributed by atoms with van der Waals surface area (Å²) in [5, 5.41) is 2.08. The molecule has 0 radical (unpaired) electrons. The molecule has 0 nitrogen and oxygen atoms in total. The van der Waals surface area contributed by atoms with Crippen LogP contribution >= 0.6 is 27.3 Å². The molecule has 1 heterocycles. The first-order chi connectivity index (χ1) is 3.29. The van der Waals surface area contributed by atoms with Crippen LogP contribution in [0.1, 0.15) is 0 Å². The zero-order valence-corrected chi connectivity index (χ0v) is 6.34. The summed E-state index contributed by atoms with van der Waals surface area (Å²) in [6, 6.07) is 2.10. The predicted molar refractivity (Wildman–Crippen MR) is 40.2 cm³/mol. The highest BCUT2D eigenvalue weighted by Crippen LogP contribution is 2.09. The standard InChI is InChI=1S/C4H4BBrS/c5-4-1-3(6)2-7-4/h1-2H,5H2. The molecule has 0 aliphatic rings. The van der Waals surface area contributed by atoms with Crippen molar-refractivity contribution in [1.29, 1.82) is 0 Å². The molecule has 0 unspecified atom stereocenters. The highest BCUT2D eigenvalue weighted by molar-refractivity contribution is 9.10. The summed E-state index contributed by atoms with van der Waals surface area (Å²) < 4.78 is 2.54. The first-order valence-corrected chi connectivity index (χ1v) is 3.67. The maximum atomic E-state index is 3.34. The molecule has 1 aromatic rings. The normalized spacial score (nSPS) is 9.29.